The molecule has 0 spiro atoms. The van der Waals surface area contributed by atoms with Crippen LogP contribution in [-0.2, 0) is 22.8 Å². The van der Waals surface area contributed by atoms with E-state index in [0.717, 1.165) is 23.3 Å². The van der Waals surface area contributed by atoms with Crippen LogP contribution in [0.25, 0.3) is 11.7 Å². The standard InChI is InChI=1S/C30H32N2O6/c1-3-23(30(33)34)11-7-12-26(24-9-5-4-6-10-24)32-37-19-22-14-16-25(17-15-22)36-20-27-21(2)38-29(31-27)28-13-8-18-35-28/h4-6,8-10,13-18,23H,3,7,11-12,19-20H2,1-2H3,(H,33,34). The number of rotatable bonds is 14. The predicted octanol–water partition coefficient (Wildman–Crippen LogP) is 7.02. The molecule has 2 heterocycles. The third-order valence-corrected chi connectivity index (χ3v) is 6.24. The lowest BCUT2D eigenvalue weighted by Crippen LogP contribution is -2.13. The summed E-state index contributed by atoms with van der Waals surface area (Å²) in [5, 5.41) is 13.7. The summed E-state index contributed by atoms with van der Waals surface area (Å²) in [6.07, 6.45) is 4.17. The van der Waals surface area contributed by atoms with E-state index >= 15 is 0 Å². The number of carbonyl (C=O) groups is 1. The molecule has 0 saturated heterocycles. The highest BCUT2D eigenvalue weighted by Gasteiger charge is 2.16. The van der Waals surface area contributed by atoms with Crippen molar-refractivity contribution in [2.75, 3.05) is 0 Å². The molecule has 1 unspecified atom stereocenters. The maximum Gasteiger partial charge on any atom is 0.306 e. The van der Waals surface area contributed by atoms with Crippen molar-refractivity contribution in [3.63, 3.8) is 0 Å². The van der Waals surface area contributed by atoms with Crippen LogP contribution >= 0.6 is 0 Å². The Bertz CT molecular complexity index is 1310. The average Bonchev–Trinajstić information content (AvgIpc) is 3.60. The van der Waals surface area contributed by atoms with Crippen molar-refractivity contribution in [3.8, 4) is 17.4 Å². The summed E-state index contributed by atoms with van der Waals surface area (Å²) in [7, 11) is 0. The fraction of sp³-hybridized carbons (Fsp3) is 0.300. The fourth-order valence-corrected chi connectivity index (χ4v) is 3.98. The maximum absolute atomic E-state index is 11.3. The van der Waals surface area contributed by atoms with Crippen LogP contribution in [0, 0.1) is 12.8 Å². The zero-order valence-electron chi connectivity index (χ0n) is 21.6. The van der Waals surface area contributed by atoms with Crippen LogP contribution in [0.4, 0.5) is 0 Å². The number of carboxylic acid groups (broad SMARTS) is 1. The molecule has 2 aromatic carbocycles. The third kappa shape index (κ3) is 7.35. The smallest absolute Gasteiger partial charge is 0.306 e. The van der Waals surface area contributed by atoms with Crippen LogP contribution < -0.4 is 4.74 Å². The topological polar surface area (TPSA) is 107 Å². The third-order valence-electron chi connectivity index (χ3n) is 6.24. The molecule has 0 bridgehead atoms. The highest BCUT2D eigenvalue weighted by molar-refractivity contribution is 6.00. The number of benzene rings is 2. The highest BCUT2D eigenvalue weighted by atomic mass is 16.6. The van der Waals surface area contributed by atoms with Gasteiger partial charge in [-0.2, -0.15) is 0 Å². The van der Waals surface area contributed by atoms with E-state index in [2.05, 4.69) is 10.1 Å². The predicted molar refractivity (Wildman–Crippen MR) is 143 cm³/mol. The van der Waals surface area contributed by atoms with Gasteiger partial charge in [-0.3, -0.25) is 4.79 Å². The number of carboxylic acids is 1. The Labute approximate surface area is 221 Å². The number of aryl methyl sites for hydroxylation is 1. The zero-order chi connectivity index (χ0) is 26.7. The maximum atomic E-state index is 11.3. The Morgan fingerprint density at radius 1 is 1.05 bits per heavy atom. The van der Waals surface area contributed by atoms with E-state index in [1.54, 1.807) is 18.4 Å². The molecule has 4 rings (SSSR count). The van der Waals surface area contributed by atoms with Crippen LogP contribution in [0.3, 0.4) is 0 Å². The van der Waals surface area contributed by atoms with Gasteiger partial charge in [-0.15, -0.1) is 0 Å². The summed E-state index contributed by atoms with van der Waals surface area (Å²) in [4.78, 5) is 21.5. The first-order valence-electron chi connectivity index (χ1n) is 12.7. The van der Waals surface area contributed by atoms with Crippen LogP contribution in [0.1, 0.15) is 55.2 Å². The highest BCUT2D eigenvalue weighted by Crippen LogP contribution is 2.23. The summed E-state index contributed by atoms with van der Waals surface area (Å²) in [6.45, 7) is 4.32. The molecular weight excluding hydrogens is 484 g/mol. The van der Waals surface area contributed by atoms with Gasteiger partial charge >= 0.3 is 5.97 Å². The average molecular weight is 517 g/mol. The van der Waals surface area contributed by atoms with Gasteiger partial charge in [-0.1, -0.05) is 54.5 Å². The minimum atomic E-state index is -0.746. The Balaban J connectivity index is 1.31. The van der Waals surface area contributed by atoms with E-state index in [4.69, 9.17) is 18.4 Å². The Morgan fingerprint density at radius 3 is 2.53 bits per heavy atom. The molecule has 0 aliphatic heterocycles. The first-order chi connectivity index (χ1) is 18.5. The molecule has 8 heteroatoms. The van der Waals surface area contributed by atoms with Crippen molar-refractivity contribution in [3.05, 3.63) is 95.6 Å². The number of oxazole rings is 1. The Morgan fingerprint density at radius 2 is 1.84 bits per heavy atom. The van der Waals surface area contributed by atoms with Gasteiger partial charge in [0.25, 0.3) is 5.89 Å². The summed E-state index contributed by atoms with van der Waals surface area (Å²) in [5.74, 6) is 1.31. The molecular formula is C30H32N2O6. The number of aromatic nitrogens is 1. The van der Waals surface area contributed by atoms with Crippen molar-refractivity contribution in [2.24, 2.45) is 11.1 Å². The minimum absolute atomic E-state index is 0.275. The molecule has 38 heavy (non-hydrogen) atoms. The van der Waals surface area contributed by atoms with Gasteiger partial charge in [0.2, 0.25) is 0 Å². The Hall–Kier alpha value is -4.33. The molecule has 4 aromatic rings. The van der Waals surface area contributed by atoms with E-state index in [0.29, 0.717) is 54.7 Å². The van der Waals surface area contributed by atoms with Crippen LogP contribution in [0.5, 0.6) is 5.75 Å². The second-order valence-electron chi connectivity index (χ2n) is 8.94. The van der Waals surface area contributed by atoms with E-state index in [-0.39, 0.29) is 12.5 Å². The minimum Gasteiger partial charge on any atom is -0.487 e. The van der Waals surface area contributed by atoms with Gasteiger partial charge in [-0.25, -0.2) is 4.98 Å². The zero-order valence-corrected chi connectivity index (χ0v) is 21.6. The van der Waals surface area contributed by atoms with Gasteiger partial charge in [0.1, 0.15) is 30.4 Å². The fourth-order valence-electron chi connectivity index (χ4n) is 3.98. The SMILES string of the molecule is CCC(CCCC(=NOCc1ccc(OCc2nc(-c3ccco3)oc2C)cc1)c1ccccc1)C(=O)O. The second-order valence-corrected chi connectivity index (χ2v) is 8.94. The number of aliphatic carboxylic acids is 1. The van der Waals surface area contributed by atoms with Gasteiger partial charge in [0.05, 0.1) is 17.9 Å². The lowest BCUT2D eigenvalue weighted by molar-refractivity contribution is -0.142. The van der Waals surface area contributed by atoms with E-state index in [1.165, 1.54) is 0 Å². The summed E-state index contributed by atoms with van der Waals surface area (Å²) in [5.41, 5.74) is 3.43. The van der Waals surface area contributed by atoms with Gasteiger partial charge in [0.15, 0.2) is 5.76 Å². The lowest BCUT2D eigenvalue weighted by Gasteiger charge is -2.11. The van der Waals surface area contributed by atoms with Gasteiger partial charge in [0, 0.05) is 0 Å². The monoisotopic (exact) mass is 516 g/mol. The molecule has 0 aliphatic rings. The number of nitrogens with zero attached hydrogens (tertiary/aromatic N) is 2. The first-order valence-corrected chi connectivity index (χ1v) is 12.7. The molecule has 1 N–H and O–H groups in total. The normalized spacial score (nSPS) is 12.3. The van der Waals surface area contributed by atoms with Crippen molar-refractivity contribution in [1.29, 1.82) is 0 Å². The number of furan rings is 1. The van der Waals surface area contributed by atoms with Crippen molar-refractivity contribution < 1.29 is 28.3 Å². The molecule has 0 radical (unpaired) electrons. The Kier molecular flexibility index (Phi) is 9.34. The largest absolute Gasteiger partial charge is 0.487 e. The molecule has 2 aromatic heterocycles. The van der Waals surface area contributed by atoms with Gasteiger partial charge < -0.3 is 23.5 Å². The second kappa shape index (κ2) is 13.3. The van der Waals surface area contributed by atoms with Crippen molar-refractivity contribution in [1.82, 2.24) is 4.98 Å². The number of hydrogen-bond acceptors (Lipinski definition) is 7. The molecule has 0 saturated carbocycles. The van der Waals surface area contributed by atoms with Gasteiger partial charge in [-0.05, 0) is 68.0 Å². The van der Waals surface area contributed by atoms with Crippen molar-refractivity contribution in [2.45, 2.75) is 52.7 Å². The number of ether oxygens (including phenoxy) is 1. The molecule has 0 amide bonds. The molecule has 8 nitrogen and oxygen atoms in total. The van der Waals surface area contributed by atoms with Crippen LogP contribution in [-0.4, -0.2) is 21.8 Å². The molecule has 1 atom stereocenters. The lowest BCUT2D eigenvalue weighted by atomic mass is 9.97. The quantitative estimate of drug-likeness (QED) is 0.142. The van der Waals surface area contributed by atoms with E-state index in [9.17, 15) is 9.90 Å². The molecule has 0 fully saturated rings. The van der Waals surface area contributed by atoms with Crippen LogP contribution in [0.2, 0.25) is 0 Å². The van der Waals surface area contributed by atoms with Crippen molar-refractivity contribution >= 4 is 11.7 Å². The van der Waals surface area contributed by atoms with E-state index < -0.39 is 5.97 Å². The van der Waals surface area contributed by atoms with Crippen LogP contribution in [0.15, 0.2) is 87.0 Å². The first kappa shape index (κ1) is 26.7. The summed E-state index contributed by atoms with van der Waals surface area (Å²) in [6, 6.07) is 21.0. The summed E-state index contributed by atoms with van der Waals surface area (Å²) < 4.78 is 16.9. The molecule has 0 aliphatic carbocycles. The molecule has 198 valence electrons. The van der Waals surface area contributed by atoms with E-state index in [1.807, 2.05) is 68.4 Å². The summed E-state index contributed by atoms with van der Waals surface area (Å²) >= 11 is 0. The number of hydrogen-bond donors (Lipinski definition) is 1. The number of oxime groups is 1.